The molecule has 0 spiro atoms. The Morgan fingerprint density at radius 3 is 2.20 bits per heavy atom. The highest BCUT2D eigenvalue weighted by atomic mass is 28.4. The first kappa shape index (κ1) is 39.1. The number of aromatic nitrogens is 1. The number of halogens is 1. The first-order valence-electron chi connectivity index (χ1n) is 18.8. The van der Waals surface area contributed by atoms with Crippen molar-refractivity contribution < 1.29 is 42.3 Å². The molecule has 3 aromatic carbocycles. The van der Waals surface area contributed by atoms with Gasteiger partial charge in [0, 0.05) is 22.6 Å². The molecule has 1 N–H and O–H groups in total. The summed E-state index contributed by atoms with van der Waals surface area (Å²) >= 11 is 0. The van der Waals surface area contributed by atoms with Crippen LogP contribution in [0.25, 0.3) is 11.8 Å². The number of ketones is 2. The molecule has 1 aromatic heterocycles. The van der Waals surface area contributed by atoms with Gasteiger partial charge in [-0.15, -0.1) is 0 Å². The number of hydrogen-bond acceptors (Lipinski definition) is 10. The van der Waals surface area contributed by atoms with Crippen LogP contribution in [-0.2, 0) is 33.6 Å². The minimum Gasteiger partial charge on any atom is -0.507 e. The molecule has 0 aliphatic heterocycles. The van der Waals surface area contributed by atoms with Gasteiger partial charge in [-0.2, -0.15) is 0 Å². The van der Waals surface area contributed by atoms with E-state index in [9.17, 15) is 9.90 Å². The Kier molecular flexibility index (Phi) is 10.3. The molecular formula is C44H47FN2O8Si. The number of aldehydes is 1. The normalized spacial score (nSPS) is 22.1. The highest BCUT2D eigenvalue weighted by molar-refractivity contribution is 6.74. The van der Waals surface area contributed by atoms with E-state index in [0.29, 0.717) is 6.29 Å². The summed E-state index contributed by atoms with van der Waals surface area (Å²) in [6.45, 7) is 10.2. The Morgan fingerprint density at radius 2 is 1.61 bits per heavy atom. The number of allylic oxidation sites excluding steroid dienone is 1. The molecule has 0 amide bonds. The number of carbonyl (C=O) groups excluding carboxylic acids is 3. The lowest BCUT2D eigenvalue weighted by molar-refractivity contribution is -0.140. The summed E-state index contributed by atoms with van der Waals surface area (Å²) in [5, 5.41) is 16.2. The highest BCUT2D eigenvalue weighted by Gasteiger charge is 2.69. The molecule has 0 radical (unpaired) electrons. The predicted molar refractivity (Wildman–Crippen MR) is 211 cm³/mol. The van der Waals surface area contributed by atoms with Gasteiger partial charge in [0.05, 0.1) is 11.6 Å². The van der Waals surface area contributed by atoms with Crippen molar-refractivity contribution in [2.75, 3.05) is 14.1 Å². The van der Waals surface area contributed by atoms with Crippen LogP contribution >= 0.6 is 0 Å². The van der Waals surface area contributed by atoms with Gasteiger partial charge in [0.15, 0.2) is 19.7 Å². The Labute approximate surface area is 327 Å². The number of ether oxygens (including phenoxy) is 2. The van der Waals surface area contributed by atoms with E-state index in [1.54, 1.807) is 0 Å². The number of aliphatic hydroxyl groups excluding tert-OH is 1. The highest BCUT2D eigenvalue weighted by Crippen LogP contribution is 2.59. The van der Waals surface area contributed by atoms with E-state index in [1.165, 1.54) is 18.2 Å². The smallest absolute Gasteiger partial charge is 0.265 e. The van der Waals surface area contributed by atoms with Crippen LogP contribution in [0.4, 0.5) is 4.39 Å². The summed E-state index contributed by atoms with van der Waals surface area (Å²) in [4.78, 5) is 44.5. The molecule has 0 bridgehead atoms. The first-order valence-corrected chi connectivity index (χ1v) is 21.7. The molecule has 1 heterocycles. The van der Waals surface area contributed by atoms with Crippen molar-refractivity contribution in [2.45, 2.75) is 76.6 Å². The van der Waals surface area contributed by atoms with Crippen LogP contribution < -0.4 is 9.47 Å². The second kappa shape index (κ2) is 14.7. The van der Waals surface area contributed by atoms with Crippen LogP contribution in [0.5, 0.6) is 11.6 Å². The fourth-order valence-corrected chi connectivity index (χ4v) is 9.58. The zero-order valence-corrected chi connectivity index (χ0v) is 33.7. The Morgan fingerprint density at radius 1 is 0.982 bits per heavy atom. The van der Waals surface area contributed by atoms with Gasteiger partial charge < -0.3 is 23.5 Å². The quantitative estimate of drug-likeness (QED) is 0.0686. The monoisotopic (exact) mass is 778 g/mol. The molecule has 1 saturated carbocycles. The molecule has 4 atom stereocenters. The average Bonchev–Trinajstić information content (AvgIpc) is 3.57. The number of fused-ring (bicyclic) bond motifs is 4. The van der Waals surface area contributed by atoms with Gasteiger partial charge in [0.2, 0.25) is 11.6 Å². The van der Waals surface area contributed by atoms with Gasteiger partial charge in [-0.25, -0.2) is 4.39 Å². The van der Waals surface area contributed by atoms with E-state index >= 15 is 14.0 Å². The lowest BCUT2D eigenvalue weighted by Gasteiger charge is -2.55. The van der Waals surface area contributed by atoms with Crippen LogP contribution in [0.15, 0.2) is 82.9 Å². The van der Waals surface area contributed by atoms with Gasteiger partial charge >= 0.3 is 0 Å². The second-order valence-corrected chi connectivity index (χ2v) is 21.3. The number of Topliss-reactive ketones (excluding diaryl/α,β-unsaturated/α-hetero) is 2. The van der Waals surface area contributed by atoms with Gasteiger partial charge in [-0.1, -0.05) is 81.4 Å². The Hall–Kier alpha value is -5.17. The van der Waals surface area contributed by atoms with Crippen LogP contribution in [0.2, 0.25) is 18.1 Å². The topological polar surface area (TPSA) is 128 Å². The van der Waals surface area contributed by atoms with Crippen molar-refractivity contribution in [3.63, 3.8) is 0 Å². The van der Waals surface area contributed by atoms with E-state index < -0.39 is 60.0 Å². The van der Waals surface area contributed by atoms with Gasteiger partial charge in [-0.05, 0) is 85.5 Å². The van der Waals surface area contributed by atoms with Crippen molar-refractivity contribution in [3.8, 4) is 11.6 Å². The molecule has 1 unspecified atom stereocenters. The van der Waals surface area contributed by atoms with Crippen molar-refractivity contribution >= 4 is 38.0 Å². The fraction of sp³-hybridized carbons (Fsp3) is 0.364. The van der Waals surface area contributed by atoms with Gasteiger partial charge in [-0.3, -0.25) is 19.3 Å². The predicted octanol–water partition coefficient (Wildman–Crippen LogP) is 8.47. The van der Waals surface area contributed by atoms with Crippen LogP contribution in [0.1, 0.15) is 77.2 Å². The van der Waals surface area contributed by atoms with E-state index in [-0.39, 0.29) is 71.3 Å². The summed E-state index contributed by atoms with van der Waals surface area (Å²) in [6.07, 6.45) is 3.40. The molecule has 1 fully saturated rings. The molecule has 7 rings (SSSR count). The zero-order chi connectivity index (χ0) is 40.2. The largest absolute Gasteiger partial charge is 0.507 e. The lowest BCUT2D eigenvalue weighted by atomic mass is 9.57. The van der Waals surface area contributed by atoms with E-state index in [2.05, 4.69) is 5.16 Å². The average molecular weight is 779 g/mol. The third-order valence-electron chi connectivity index (χ3n) is 11.8. The maximum atomic E-state index is 16.2. The van der Waals surface area contributed by atoms with Crippen molar-refractivity contribution in [3.05, 3.63) is 123 Å². The minimum absolute atomic E-state index is 0.0111. The van der Waals surface area contributed by atoms with Crippen LogP contribution in [-0.4, -0.2) is 61.0 Å². The maximum absolute atomic E-state index is 16.2. The third-order valence-corrected chi connectivity index (χ3v) is 16.3. The van der Waals surface area contributed by atoms with E-state index in [1.807, 2.05) is 114 Å². The lowest BCUT2D eigenvalue weighted by Crippen LogP contribution is -2.68. The first-order chi connectivity index (χ1) is 26.6. The van der Waals surface area contributed by atoms with E-state index in [4.69, 9.17) is 18.4 Å². The number of benzene rings is 3. The van der Waals surface area contributed by atoms with Crippen molar-refractivity contribution in [1.82, 2.24) is 10.1 Å². The molecule has 4 aromatic rings. The standard InChI is InChI=1S/C44H47FN2O8Si/c1-43(2,3)56(6,7)55-44-31(36(47(4)5)39-35(41(44)51)42(46-54-39)53-25-27-17-12-9-13-18-27)22-29-21-30-32(45)23-28(19-14-20-48)38(34(30)37(49)33(29)40(44)50)52-24-26-15-10-8-11-16-26/h8-20,23,29,31,36,49H,21-22,24-25H2,1-7H3/b19-14+/t29-,31-,36-,44?/m0/s1. The molecular weight excluding hydrogens is 732 g/mol. The molecule has 3 aliphatic rings. The van der Waals surface area contributed by atoms with Crippen molar-refractivity contribution in [2.24, 2.45) is 11.8 Å². The number of nitrogens with zero attached hydrogens (tertiary/aromatic N) is 2. The third kappa shape index (κ3) is 6.53. The number of rotatable bonds is 11. The SMILES string of the molecule is CN(C)[C@@H]1c2onc(OCc3ccccc3)c2C(=O)C2(O[Si](C)(C)C(C)(C)C)C(=O)C3=C(O)c4c(c(F)cc(/C=C/C=O)c4OCc4ccccc4)C[C@H]3C[C@@H]12. The Balaban J connectivity index is 1.43. The van der Waals surface area contributed by atoms with Crippen LogP contribution in [0.3, 0.4) is 0 Å². The summed E-state index contributed by atoms with van der Waals surface area (Å²) in [5.41, 5.74) is -0.0642. The van der Waals surface area contributed by atoms with Gasteiger partial charge in [0.1, 0.15) is 42.4 Å². The molecule has 0 saturated heterocycles. The van der Waals surface area contributed by atoms with Gasteiger partial charge in [0.25, 0.3) is 5.88 Å². The second-order valence-electron chi connectivity index (χ2n) is 16.6. The van der Waals surface area contributed by atoms with Crippen LogP contribution in [0, 0.1) is 17.7 Å². The molecule has 10 nitrogen and oxygen atoms in total. The maximum Gasteiger partial charge on any atom is 0.265 e. The number of aliphatic hydroxyl groups is 1. The summed E-state index contributed by atoms with van der Waals surface area (Å²) in [5.74, 6) is -3.59. The summed E-state index contributed by atoms with van der Waals surface area (Å²) in [6, 6.07) is 19.3. The molecule has 3 aliphatic carbocycles. The summed E-state index contributed by atoms with van der Waals surface area (Å²) < 4.78 is 41.8. The number of carbonyl (C=O) groups is 3. The molecule has 292 valence electrons. The minimum atomic E-state index is -2.97. The zero-order valence-electron chi connectivity index (χ0n) is 32.7. The Bertz CT molecular complexity index is 2240. The molecule has 12 heteroatoms. The number of hydrogen-bond donors (Lipinski definition) is 1. The molecule has 56 heavy (non-hydrogen) atoms. The summed E-state index contributed by atoms with van der Waals surface area (Å²) in [7, 11) is 0.697. The fourth-order valence-electron chi connectivity index (χ4n) is 8.14. The van der Waals surface area contributed by atoms with Crippen molar-refractivity contribution in [1.29, 1.82) is 0 Å². The van der Waals surface area contributed by atoms with E-state index in [0.717, 1.165) is 11.1 Å².